The summed E-state index contributed by atoms with van der Waals surface area (Å²) in [5.74, 6) is -0.0496. The minimum atomic E-state index is -0.640. The first-order valence-electron chi connectivity index (χ1n) is 8.53. The van der Waals surface area contributed by atoms with Crippen LogP contribution in [0.4, 0.5) is 0 Å². The monoisotopic (exact) mass is 379 g/mol. The number of thiophene rings is 1. The van der Waals surface area contributed by atoms with Crippen molar-refractivity contribution in [2.45, 2.75) is 6.92 Å². The molecule has 136 valence electrons. The van der Waals surface area contributed by atoms with Crippen LogP contribution in [0, 0.1) is 0 Å². The molecule has 27 heavy (non-hydrogen) atoms. The van der Waals surface area contributed by atoms with E-state index in [4.69, 9.17) is 9.47 Å². The van der Waals surface area contributed by atoms with E-state index in [-0.39, 0.29) is 12.2 Å². The maximum Gasteiger partial charge on any atom is 0.344 e. The number of benzene rings is 2. The number of rotatable bonds is 4. The Hall–Kier alpha value is -3.12. The molecule has 0 saturated heterocycles. The zero-order chi connectivity index (χ0) is 19.0. The molecule has 6 heteroatoms. The van der Waals surface area contributed by atoms with Crippen molar-refractivity contribution in [3.05, 3.63) is 64.4 Å². The molecule has 0 aliphatic rings. The molecule has 2 heterocycles. The average Bonchev–Trinajstić information content (AvgIpc) is 3.05. The Morgan fingerprint density at radius 3 is 2.63 bits per heavy atom. The highest BCUT2D eigenvalue weighted by molar-refractivity contribution is 7.26. The Labute approximate surface area is 159 Å². The minimum Gasteiger partial charge on any atom is -0.496 e. The third-order valence-corrected chi connectivity index (χ3v) is 5.58. The van der Waals surface area contributed by atoms with Gasteiger partial charge in [-0.2, -0.15) is 0 Å². The largest absolute Gasteiger partial charge is 0.496 e. The average molecular weight is 379 g/mol. The first kappa shape index (κ1) is 17.3. The van der Waals surface area contributed by atoms with Crippen molar-refractivity contribution in [2.24, 2.45) is 0 Å². The summed E-state index contributed by atoms with van der Waals surface area (Å²) in [6.45, 7) is 1.90. The van der Waals surface area contributed by atoms with Crippen LogP contribution >= 0.6 is 11.3 Å². The highest BCUT2D eigenvalue weighted by atomic mass is 32.1. The van der Waals surface area contributed by atoms with E-state index in [0.29, 0.717) is 16.9 Å². The molecule has 0 unspecified atom stereocenters. The summed E-state index contributed by atoms with van der Waals surface area (Å²) in [5, 5.41) is 0.946. The molecular formula is C21H17NO4S. The Morgan fingerprint density at radius 2 is 1.85 bits per heavy atom. The van der Waals surface area contributed by atoms with Crippen LogP contribution in [0.3, 0.4) is 0 Å². The van der Waals surface area contributed by atoms with Gasteiger partial charge >= 0.3 is 5.97 Å². The molecule has 0 fully saturated rings. The lowest BCUT2D eigenvalue weighted by Gasteiger charge is -2.13. The molecular weight excluding hydrogens is 362 g/mol. The van der Waals surface area contributed by atoms with Crippen molar-refractivity contribution in [2.75, 3.05) is 13.7 Å². The van der Waals surface area contributed by atoms with Gasteiger partial charge in [0.1, 0.15) is 11.3 Å². The van der Waals surface area contributed by atoms with Crippen LogP contribution in [0.1, 0.15) is 17.3 Å². The lowest BCUT2D eigenvalue weighted by molar-refractivity contribution is 0.0525. The highest BCUT2D eigenvalue weighted by Crippen LogP contribution is 2.42. The van der Waals surface area contributed by atoms with Crippen LogP contribution < -0.4 is 10.3 Å². The van der Waals surface area contributed by atoms with Gasteiger partial charge in [-0.3, -0.25) is 4.79 Å². The molecule has 0 atom stereocenters. The molecule has 4 rings (SSSR count). The summed E-state index contributed by atoms with van der Waals surface area (Å²) in [7, 11) is 1.57. The van der Waals surface area contributed by atoms with Crippen molar-refractivity contribution in [3.63, 3.8) is 0 Å². The Balaban J connectivity index is 2.19. The number of para-hydroxylation sites is 1. The third kappa shape index (κ3) is 2.78. The predicted molar refractivity (Wildman–Crippen MR) is 108 cm³/mol. The van der Waals surface area contributed by atoms with E-state index in [2.05, 4.69) is 4.98 Å². The molecule has 2 aromatic carbocycles. The Bertz CT molecular complexity index is 1220. The number of hydrogen-bond donors (Lipinski definition) is 1. The molecule has 0 aliphatic carbocycles. The summed E-state index contributed by atoms with van der Waals surface area (Å²) in [6.07, 6.45) is 0. The Kier molecular flexibility index (Phi) is 4.41. The van der Waals surface area contributed by atoms with E-state index < -0.39 is 11.5 Å². The van der Waals surface area contributed by atoms with Crippen molar-refractivity contribution in [3.8, 4) is 16.9 Å². The van der Waals surface area contributed by atoms with E-state index in [1.54, 1.807) is 14.0 Å². The smallest absolute Gasteiger partial charge is 0.344 e. The number of hydrogen-bond acceptors (Lipinski definition) is 5. The molecule has 2 aromatic heterocycles. The molecule has 0 aliphatic heterocycles. The number of carbonyl (C=O) groups excluding carboxylic acids is 1. The van der Waals surface area contributed by atoms with Gasteiger partial charge in [0.15, 0.2) is 0 Å². The third-order valence-electron chi connectivity index (χ3n) is 4.39. The molecule has 5 nitrogen and oxygen atoms in total. The van der Waals surface area contributed by atoms with Gasteiger partial charge in [-0.05, 0) is 19.1 Å². The number of methoxy groups -OCH3 is 1. The zero-order valence-corrected chi connectivity index (χ0v) is 15.7. The first-order chi connectivity index (χ1) is 13.2. The molecule has 0 bridgehead atoms. The first-order valence-corrected chi connectivity index (χ1v) is 9.35. The van der Waals surface area contributed by atoms with Gasteiger partial charge in [-0.15, -0.1) is 11.3 Å². The fourth-order valence-electron chi connectivity index (χ4n) is 3.25. The zero-order valence-electron chi connectivity index (χ0n) is 14.9. The van der Waals surface area contributed by atoms with Crippen molar-refractivity contribution < 1.29 is 14.3 Å². The fourth-order valence-corrected chi connectivity index (χ4v) is 4.48. The van der Waals surface area contributed by atoms with E-state index in [9.17, 15) is 9.59 Å². The van der Waals surface area contributed by atoms with E-state index >= 15 is 0 Å². The summed E-state index contributed by atoms with van der Waals surface area (Å²) >= 11 is 1.53. The number of aromatic amines is 1. The van der Waals surface area contributed by atoms with Gasteiger partial charge in [-0.1, -0.05) is 36.4 Å². The summed E-state index contributed by atoms with van der Waals surface area (Å²) < 4.78 is 12.5. The summed E-state index contributed by atoms with van der Waals surface area (Å²) in [6, 6.07) is 15.2. The van der Waals surface area contributed by atoms with Crippen LogP contribution in [-0.2, 0) is 4.74 Å². The van der Waals surface area contributed by atoms with Gasteiger partial charge in [0.05, 0.1) is 23.9 Å². The molecule has 0 spiro atoms. The number of aromatic nitrogens is 1. The minimum absolute atomic E-state index is 0.000376. The second-order valence-corrected chi connectivity index (χ2v) is 6.98. The van der Waals surface area contributed by atoms with Crippen LogP contribution in [-0.4, -0.2) is 24.7 Å². The van der Waals surface area contributed by atoms with Gasteiger partial charge in [-0.25, -0.2) is 4.79 Å². The standard InChI is InChI=1S/C21H17NO4S/c1-3-26-21(24)17-16(12-8-4-6-10-14(12)25-2)19-18(22-20(17)23)13-9-5-7-11-15(13)27-19/h4-11H,3H2,1-2H3,(H,22,23). The molecule has 0 saturated carbocycles. The van der Waals surface area contributed by atoms with Gasteiger partial charge in [0, 0.05) is 21.2 Å². The van der Waals surface area contributed by atoms with Crippen molar-refractivity contribution in [1.82, 2.24) is 4.98 Å². The summed E-state index contributed by atoms with van der Waals surface area (Å²) in [5.41, 5.74) is 1.48. The highest BCUT2D eigenvalue weighted by Gasteiger charge is 2.25. The summed E-state index contributed by atoms with van der Waals surface area (Å²) in [4.78, 5) is 28.4. The molecule has 1 N–H and O–H groups in total. The van der Waals surface area contributed by atoms with Gasteiger partial charge in [0.25, 0.3) is 5.56 Å². The lowest BCUT2D eigenvalue weighted by atomic mass is 9.99. The molecule has 0 radical (unpaired) electrons. The number of ether oxygens (including phenoxy) is 2. The number of carbonyl (C=O) groups is 1. The Morgan fingerprint density at radius 1 is 1.11 bits per heavy atom. The van der Waals surface area contributed by atoms with Crippen molar-refractivity contribution >= 4 is 37.6 Å². The normalized spacial score (nSPS) is 11.0. The second-order valence-electron chi connectivity index (χ2n) is 5.93. The quantitative estimate of drug-likeness (QED) is 0.527. The van der Waals surface area contributed by atoms with Crippen LogP contribution in [0.2, 0.25) is 0 Å². The van der Waals surface area contributed by atoms with E-state index in [1.807, 2.05) is 48.5 Å². The number of H-pyrrole nitrogens is 1. The van der Waals surface area contributed by atoms with E-state index in [0.717, 1.165) is 20.3 Å². The van der Waals surface area contributed by atoms with Crippen LogP contribution in [0.25, 0.3) is 31.4 Å². The predicted octanol–water partition coefficient (Wildman–Crippen LogP) is 4.60. The lowest BCUT2D eigenvalue weighted by Crippen LogP contribution is -2.21. The van der Waals surface area contributed by atoms with Crippen LogP contribution in [0.5, 0.6) is 5.75 Å². The second kappa shape index (κ2) is 6.89. The van der Waals surface area contributed by atoms with Crippen molar-refractivity contribution in [1.29, 1.82) is 0 Å². The number of pyridine rings is 1. The number of nitrogens with one attached hydrogen (secondary N) is 1. The number of fused-ring (bicyclic) bond motifs is 3. The SMILES string of the molecule is CCOC(=O)c1c(-c2ccccc2OC)c2sc3ccccc3c2[nH]c1=O. The number of esters is 1. The van der Waals surface area contributed by atoms with Gasteiger partial charge < -0.3 is 14.5 Å². The van der Waals surface area contributed by atoms with E-state index in [1.165, 1.54) is 11.3 Å². The van der Waals surface area contributed by atoms with Crippen LogP contribution in [0.15, 0.2) is 53.3 Å². The maximum atomic E-state index is 12.9. The molecule has 4 aromatic rings. The topological polar surface area (TPSA) is 68.4 Å². The fraction of sp³-hybridized carbons (Fsp3) is 0.143. The maximum absolute atomic E-state index is 12.9. The molecule has 0 amide bonds. The van der Waals surface area contributed by atoms with Gasteiger partial charge in [0.2, 0.25) is 0 Å².